The average Bonchev–Trinajstić information content (AvgIpc) is 3.05. The Hall–Kier alpha value is -1.81. The summed E-state index contributed by atoms with van der Waals surface area (Å²) in [5.41, 5.74) is 2.07. The molecule has 3 rings (SSSR count). The van der Waals surface area contributed by atoms with Crippen molar-refractivity contribution < 1.29 is 13.2 Å². The lowest BCUT2D eigenvalue weighted by atomic mass is 10.1. The Labute approximate surface area is 183 Å². The Bertz CT molecular complexity index is 959. The van der Waals surface area contributed by atoms with E-state index in [1.165, 1.54) is 15.6 Å². The predicted molar refractivity (Wildman–Crippen MR) is 120 cm³/mol. The van der Waals surface area contributed by atoms with Crippen molar-refractivity contribution in [2.75, 3.05) is 31.5 Å². The number of anilines is 1. The van der Waals surface area contributed by atoms with E-state index in [0.717, 1.165) is 29.0 Å². The zero-order chi connectivity index (χ0) is 21.9. The fourth-order valence-corrected chi connectivity index (χ4v) is 5.74. The second kappa shape index (κ2) is 9.55. The molecular weight excluding hydrogens is 420 g/mol. The molecule has 1 amide bonds. The van der Waals surface area contributed by atoms with Gasteiger partial charge in [-0.3, -0.25) is 9.69 Å². The predicted octanol–water partition coefficient (Wildman–Crippen LogP) is 3.05. The van der Waals surface area contributed by atoms with Crippen molar-refractivity contribution >= 4 is 32.4 Å². The molecule has 30 heavy (non-hydrogen) atoms. The Morgan fingerprint density at radius 2 is 1.80 bits per heavy atom. The quantitative estimate of drug-likeness (QED) is 0.701. The molecule has 2 aromatic rings. The van der Waals surface area contributed by atoms with Crippen LogP contribution in [0.1, 0.15) is 36.4 Å². The minimum absolute atomic E-state index is 0.119. The van der Waals surface area contributed by atoms with Crippen LogP contribution >= 0.6 is 11.3 Å². The molecule has 0 aliphatic carbocycles. The number of thiazole rings is 1. The van der Waals surface area contributed by atoms with Gasteiger partial charge in [0.15, 0.2) is 5.13 Å². The van der Waals surface area contributed by atoms with Crippen LogP contribution in [-0.2, 0) is 21.2 Å². The van der Waals surface area contributed by atoms with Gasteiger partial charge in [0.05, 0.1) is 16.6 Å². The number of sulfonamides is 1. The van der Waals surface area contributed by atoms with Crippen LogP contribution in [0.2, 0.25) is 0 Å². The van der Waals surface area contributed by atoms with E-state index < -0.39 is 10.0 Å². The number of amides is 1. The third kappa shape index (κ3) is 5.08. The van der Waals surface area contributed by atoms with Gasteiger partial charge in [0.2, 0.25) is 15.9 Å². The number of piperazine rings is 1. The molecule has 1 atom stereocenters. The summed E-state index contributed by atoms with van der Waals surface area (Å²) in [5, 5.41) is 3.48. The van der Waals surface area contributed by atoms with Gasteiger partial charge in [-0.25, -0.2) is 13.4 Å². The van der Waals surface area contributed by atoms with E-state index in [1.807, 2.05) is 37.8 Å². The van der Waals surface area contributed by atoms with Crippen molar-refractivity contribution in [2.24, 2.45) is 0 Å². The van der Waals surface area contributed by atoms with Crippen molar-refractivity contribution in [3.63, 3.8) is 0 Å². The lowest BCUT2D eigenvalue weighted by Gasteiger charge is -2.36. The van der Waals surface area contributed by atoms with E-state index in [2.05, 4.69) is 17.2 Å². The molecule has 0 spiro atoms. The van der Waals surface area contributed by atoms with Gasteiger partial charge in [0.25, 0.3) is 0 Å². The SMILES string of the molecule is CCCc1ccc(S(=O)(=O)N2CCN(C(C)C(=O)Nc3nc(C)c(C)s3)CC2)cc1. The number of rotatable bonds is 7. The molecule has 2 heterocycles. The molecule has 164 valence electrons. The lowest BCUT2D eigenvalue weighted by molar-refractivity contribution is -0.121. The van der Waals surface area contributed by atoms with Gasteiger partial charge in [-0.1, -0.05) is 25.5 Å². The molecule has 0 bridgehead atoms. The van der Waals surface area contributed by atoms with E-state index >= 15 is 0 Å². The first kappa shape index (κ1) is 22.9. The summed E-state index contributed by atoms with van der Waals surface area (Å²) in [7, 11) is -3.52. The maximum Gasteiger partial charge on any atom is 0.243 e. The summed E-state index contributed by atoms with van der Waals surface area (Å²) in [6.07, 6.45) is 1.97. The monoisotopic (exact) mass is 450 g/mol. The number of aromatic nitrogens is 1. The van der Waals surface area contributed by atoms with Crippen LogP contribution in [-0.4, -0.2) is 60.7 Å². The Morgan fingerprint density at radius 1 is 1.17 bits per heavy atom. The zero-order valence-electron chi connectivity index (χ0n) is 18.0. The number of hydrogen-bond donors (Lipinski definition) is 1. The normalized spacial score (nSPS) is 17.1. The highest BCUT2D eigenvalue weighted by Gasteiger charge is 2.32. The Kier molecular flexibility index (Phi) is 7.28. The van der Waals surface area contributed by atoms with Crippen LogP contribution in [0.3, 0.4) is 0 Å². The van der Waals surface area contributed by atoms with Gasteiger partial charge < -0.3 is 5.32 Å². The topological polar surface area (TPSA) is 82.6 Å². The van der Waals surface area contributed by atoms with Crippen LogP contribution < -0.4 is 5.32 Å². The number of benzene rings is 1. The number of nitrogens with zero attached hydrogens (tertiary/aromatic N) is 3. The van der Waals surface area contributed by atoms with Gasteiger partial charge in [0.1, 0.15) is 0 Å². The molecule has 1 N–H and O–H groups in total. The second-order valence-corrected chi connectivity index (χ2v) is 10.8. The van der Waals surface area contributed by atoms with E-state index in [9.17, 15) is 13.2 Å². The highest BCUT2D eigenvalue weighted by Crippen LogP contribution is 2.22. The molecule has 0 radical (unpaired) electrons. The third-order valence-corrected chi connectivity index (χ3v) is 8.46. The van der Waals surface area contributed by atoms with Crippen molar-refractivity contribution in [3.8, 4) is 0 Å². The van der Waals surface area contributed by atoms with Gasteiger partial charge >= 0.3 is 0 Å². The summed E-state index contributed by atoms with van der Waals surface area (Å²) < 4.78 is 27.4. The third-order valence-electron chi connectivity index (χ3n) is 5.56. The second-order valence-electron chi connectivity index (χ2n) is 7.66. The van der Waals surface area contributed by atoms with E-state index in [0.29, 0.717) is 36.2 Å². The van der Waals surface area contributed by atoms with Gasteiger partial charge in [0, 0.05) is 31.1 Å². The van der Waals surface area contributed by atoms with Crippen LogP contribution in [0.15, 0.2) is 29.2 Å². The maximum absolute atomic E-state index is 13.0. The van der Waals surface area contributed by atoms with Crippen molar-refractivity contribution in [1.29, 1.82) is 0 Å². The molecule has 1 aromatic heterocycles. The molecule has 1 aliphatic heterocycles. The summed E-state index contributed by atoms with van der Waals surface area (Å²) in [5.74, 6) is -0.119. The van der Waals surface area contributed by atoms with E-state index in [-0.39, 0.29) is 11.9 Å². The summed E-state index contributed by atoms with van der Waals surface area (Å²) in [4.78, 5) is 20.4. The minimum atomic E-state index is -3.52. The largest absolute Gasteiger partial charge is 0.301 e. The molecule has 0 saturated carbocycles. The lowest BCUT2D eigenvalue weighted by Crippen LogP contribution is -2.53. The van der Waals surface area contributed by atoms with Crippen LogP contribution in [0.5, 0.6) is 0 Å². The molecular formula is C21H30N4O3S2. The fourth-order valence-electron chi connectivity index (χ4n) is 3.50. The van der Waals surface area contributed by atoms with Crippen LogP contribution in [0.25, 0.3) is 0 Å². The van der Waals surface area contributed by atoms with Crippen molar-refractivity contribution in [3.05, 3.63) is 40.4 Å². The zero-order valence-corrected chi connectivity index (χ0v) is 19.6. The first-order valence-corrected chi connectivity index (χ1v) is 12.6. The van der Waals surface area contributed by atoms with Crippen LogP contribution in [0, 0.1) is 13.8 Å². The molecule has 1 saturated heterocycles. The van der Waals surface area contributed by atoms with Crippen molar-refractivity contribution in [1.82, 2.24) is 14.2 Å². The molecule has 1 fully saturated rings. The average molecular weight is 451 g/mol. The molecule has 1 unspecified atom stereocenters. The smallest absolute Gasteiger partial charge is 0.243 e. The number of hydrogen-bond acceptors (Lipinski definition) is 6. The highest BCUT2D eigenvalue weighted by molar-refractivity contribution is 7.89. The van der Waals surface area contributed by atoms with Crippen LogP contribution in [0.4, 0.5) is 5.13 Å². The summed E-state index contributed by atoms with van der Waals surface area (Å²) >= 11 is 1.46. The van der Waals surface area contributed by atoms with Gasteiger partial charge in [-0.15, -0.1) is 11.3 Å². The highest BCUT2D eigenvalue weighted by atomic mass is 32.2. The standard InChI is InChI=1S/C21H30N4O3S2/c1-5-6-18-7-9-19(10-8-18)30(27,28)25-13-11-24(12-14-25)16(3)20(26)23-21-22-15(2)17(4)29-21/h7-10,16H,5-6,11-14H2,1-4H3,(H,22,23,26). The summed E-state index contributed by atoms with van der Waals surface area (Å²) in [6, 6.07) is 6.82. The summed E-state index contributed by atoms with van der Waals surface area (Å²) in [6.45, 7) is 9.60. The molecule has 7 nitrogen and oxygen atoms in total. The number of carbonyl (C=O) groups is 1. The van der Waals surface area contributed by atoms with Gasteiger partial charge in [-0.05, 0) is 44.9 Å². The minimum Gasteiger partial charge on any atom is -0.301 e. The first-order valence-electron chi connectivity index (χ1n) is 10.3. The fraction of sp³-hybridized carbons (Fsp3) is 0.524. The van der Waals surface area contributed by atoms with E-state index in [1.54, 1.807) is 12.1 Å². The number of nitrogens with one attached hydrogen (secondary N) is 1. The molecule has 9 heteroatoms. The van der Waals surface area contributed by atoms with E-state index in [4.69, 9.17) is 0 Å². The Morgan fingerprint density at radius 3 is 2.33 bits per heavy atom. The number of carbonyl (C=O) groups excluding carboxylic acids is 1. The Balaban J connectivity index is 1.58. The molecule has 1 aliphatic rings. The maximum atomic E-state index is 13.0. The van der Waals surface area contributed by atoms with Crippen molar-refractivity contribution in [2.45, 2.75) is 51.5 Å². The first-order chi connectivity index (χ1) is 14.2. The molecule has 1 aromatic carbocycles. The van der Waals surface area contributed by atoms with Gasteiger partial charge in [-0.2, -0.15) is 4.31 Å². The number of aryl methyl sites for hydroxylation is 3.